The molecule has 2 fully saturated rings. The molecular formula is C12H17NO2. The van der Waals surface area contributed by atoms with Gasteiger partial charge in [-0.2, -0.15) is 0 Å². The Bertz CT molecular complexity index is 337. The SMILES string of the molecule is CC(C)N1C(=O)C2C3C=CC(C3)C2C1O. The lowest BCUT2D eigenvalue weighted by Crippen LogP contribution is -2.41. The summed E-state index contributed by atoms with van der Waals surface area (Å²) >= 11 is 0. The first-order valence-electron chi connectivity index (χ1n) is 5.80. The number of carbonyl (C=O) groups excluding carboxylic acids is 1. The van der Waals surface area contributed by atoms with Gasteiger partial charge in [0.15, 0.2) is 0 Å². The summed E-state index contributed by atoms with van der Waals surface area (Å²) in [6.45, 7) is 3.94. The summed E-state index contributed by atoms with van der Waals surface area (Å²) in [4.78, 5) is 13.8. The molecule has 0 aromatic rings. The molecule has 3 rings (SSSR count). The summed E-state index contributed by atoms with van der Waals surface area (Å²) in [7, 11) is 0. The summed E-state index contributed by atoms with van der Waals surface area (Å²) < 4.78 is 0. The van der Waals surface area contributed by atoms with Crippen molar-refractivity contribution in [2.75, 3.05) is 0 Å². The number of aliphatic hydroxyl groups is 1. The number of aliphatic hydroxyl groups excluding tert-OH is 1. The average Bonchev–Trinajstić information content (AvgIpc) is 2.79. The second kappa shape index (κ2) is 2.85. The molecule has 1 saturated heterocycles. The van der Waals surface area contributed by atoms with E-state index in [0.29, 0.717) is 11.8 Å². The number of carbonyl (C=O) groups is 1. The van der Waals surface area contributed by atoms with Crippen molar-refractivity contribution in [2.24, 2.45) is 23.7 Å². The standard InChI is InChI=1S/C12H17NO2/c1-6(2)13-11(14)9-7-3-4-8(5-7)10(9)12(13)15/h3-4,6-11,14H,5H2,1-2H3. The minimum atomic E-state index is -0.553. The minimum Gasteiger partial charge on any atom is -0.373 e. The van der Waals surface area contributed by atoms with Gasteiger partial charge in [-0.05, 0) is 32.1 Å². The fourth-order valence-electron chi connectivity index (χ4n) is 3.66. The third-order valence-electron chi connectivity index (χ3n) is 4.25. The van der Waals surface area contributed by atoms with Crippen LogP contribution in [0, 0.1) is 23.7 Å². The molecule has 82 valence electrons. The number of hydrogen-bond acceptors (Lipinski definition) is 2. The van der Waals surface area contributed by atoms with Gasteiger partial charge in [0.25, 0.3) is 0 Å². The molecule has 5 unspecified atom stereocenters. The van der Waals surface area contributed by atoms with Crippen LogP contribution < -0.4 is 0 Å². The van der Waals surface area contributed by atoms with Gasteiger partial charge in [0, 0.05) is 12.0 Å². The van der Waals surface area contributed by atoms with Crippen molar-refractivity contribution in [3.8, 4) is 0 Å². The lowest BCUT2D eigenvalue weighted by molar-refractivity contribution is -0.139. The predicted molar refractivity (Wildman–Crippen MR) is 55.7 cm³/mol. The zero-order chi connectivity index (χ0) is 10.7. The van der Waals surface area contributed by atoms with Crippen molar-refractivity contribution in [1.82, 2.24) is 4.90 Å². The largest absolute Gasteiger partial charge is 0.373 e. The van der Waals surface area contributed by atoms with Gasteiger partial charge in [0.1, 0.15) is 6.23 Å². The molecule has 1 heterocycles. The normalized spacial score (nSPS) is 47.1. The van der Waals surface area contributed by atoms with E-state index >= 15 is 0 Å². The van der Waals surface area contributed by atoms with Crippen LogP contribution in [-0.4, -0.2) is 28.2 Å². The van der Waals surface area contributed by atoms with E-state index in [2.05, 4.69) is 12.2 Å². The van der Waals surface area contributed by atoms with Crippen LogP contribution in [0.1, 0.15) is 20.3 Å². The zero-order valence-corrected chi connectivity index (χ0v) is 9.13. The highest BCUT2D eigenvalue weighted by atomic mass is 16.3. The van der Waals surface area contributed by atoms with Gasteiger partial charge in [-0.3, -0.25) is 4.79 Å². The maximum absolute atomic E-state index is 12.2. The van der Waals surface area contributed by atoms with Crippen LogP contribution in [0.5, 0.6) is 0 Å². The molecule has 1 amide bonds. The molecule has 15 heavy (non-hydrogen) atoms. The summed E-state index contributed by atoms with van der Waals surface area (Å²) in [5.74, 6) is 1.22. The van der Waals surface area contributed by atoms with Gasteiger partial charge in [-0.15, -0.1) is 0 Å². The van der Waals surface area contributed by atoms with E-state index in [-0.39, 0.29) is 23.8 Å². The Morgan fingerprint density at radius 1 is 1.40 bits per heavy atom. The quantitative estimate of drug-likeness (QED) is 0.651. The fraction of sp³-hybridized carbons (Fsp3) is 0.750. The first kappa shape index (κ1) is 9.40. The number of fused-ring (bicyclic) bond motifs is 5. The van der Waals surface area contributed by atoms with E-state index in [4.69, 9.17) is 0 Å². The van der Waals surface area contributed by atoms with Crippen LogP contribution >= 0.6 is 0 Å². The first-order valence-corrected chi connectivity index (χ1v) is 5.80. The summed E-state index contributed by atoms with van der Waals surface area (Å²) in [5.41, 5.74) is 0. The zero-order valence-electron chi connectivity index (χ0n) is 9.13. The van der Waals surface area contributed by atoms with Crippen molar-refractivity contribution >= 4 is 5.91 Å². The van der Waals surface area contributed by atoms with Gasteiger partial charge < -0.3 is 10.0 Å². The number of likely N-dealkylation sites (tertiary alicyclic amines) is 1. The van der Waals surface area contributed by atoms with Gasteiger partial charge in [-0.25, -0.2) is 0 Å². The van der Waals surface area contributed by atoms with Crippen molar-refractivity contribution in [3.05, 3.63) is 12.2 Å². The molecule has 1 aliphatic heterocycles. The van der Waals surface area contributed by atoms with Crippen LogP contribution in [0.3, 0.4) is 0 Å². The summed E-state index contributed by atoms with van der Waals surface area (Å²) in [6.07, 6.45) is 4.87. The van der Waals surface area contributed by atoms with E-state index in [0.717, 1.165) is 6.42 Å². The van der Waals surface area contributed by atoms with Gasteiger partial charge in [0.05, 0.1) is 5.92 Å². The fourth-order valence-corrected chi connectivity index (χ4v) is 3.66. The smallest absolute Gasteiger partial charge is 0.229 e. The Balaban J connectivity index is 1.96. The van der Waals surface area contributed by atoms with E-state index in [1.165, 1.54) is 0 Å². The van der Waals surface area contributed by atoms with Gasteiger partial charge in [-0.1, -0.05) is 12.2 Å². The van der Waals surface area contributed by atoms with Crippen LogP contribution in [0.4, 0.5) is 0 Å². The molecular weight excluding hydrogens is 190 g/mol. The molecule has 0 aromatic heterocycles. The second-order valence-corrected chi connectivity index (χ2v) is 5.30. The highest BCUT2D eigenvalue weighted by Crippen LogP contribution is 2.54. The Hall–Kier alpha value is -0.830. The maximum atomic E-state index is 12.2. The van der Waals surface area contributed by atoms with Crippen molar-refractivity contribution in [3.63, 3.8) is 0 Å². The topological polar surface area (TPSA) is 40.5 Å². The molecule has 2 bridgehead atoms. The third-order valence-corrected chi connectivity index (χ3v) is 4.25. The minimum absolute atomic E-state index is 0.0670. The molecule has 3 heteroatoms. The lowest BCUT2D eigenvalue weighted by atomic mass is 9.85. The van der Waals surface area contributed by atoms with Crippen LogP contribution in [0.15, 0.2) is 12.2 Å². The lowest BCUT2D eigenvalue weighted by Gasteiger charge is -2.28. The first-order chi connectivity index (χ1) is 7.11. The molecule has 0 radical (unpaired) electrons. The average molecular weight is 207 g/mol. The van der Waals surface area contributed by atoms with E-state index in [1.807, 2.05) is 13.8 Å². The van der Waals surface area contributed by atoms with E-state index < -0.39 is 6.23 Å². The Morgan fingerprint density at radius 3 is 2.67 bits per heavy atom. The van der Waals surface area contributed by atoms with Gasteiger partial charge >= 0.3 is 0 Å². The summed E-state index contributed by atoms with van der Waals surface area (Å²) in [6, 6.07) is 0.109. The highest BCUT2D eigenvalue weighted by molar-refractivity contribution is 5.83. The predicted octanol–water partition coefficient (Wildman–Crippen LogP) is 0.994. The monoisotopic (exact) mass is 207 g/mol. The van der Waals surface area contributed by atoms with Crippen molar-refractivity contribution in [1.29, 1.82) is 0 Å². The van der Waals surface area contributed by atoms with Crippen molar-refractivity contribution < 1.29 is 9.90 Å². The number of hydrogen-bond donors (Lipinski definition) is 1. The van der Waals surface area contributed by atoms with E-state index in [1.54, 1.807) is 4.90 Å². The Morgan fingerprint density at radius 2 is 2.07 bits per heavy atom. The Kier molecular flexibility index (Phi) is 1.78. The van der Waals surface area contributed by atoms with Crippen LogP contribution in [0.25, 0.3) is 0 Å². The maximum Gasteiger partial charge on any atom is 0.229 e. The Labute approximate surface area is 89.8 Å². The number of nitrogens with zero attached hydrogens (tertiary/aromatic N) is 1. The molecule has 0 aromatic carbocycles. The third kappa shape index (κ3) is 1.02. The molecule has 0 spiro atoms. The van der Waals surface area contributed by atoms with E-state index in [9.17, 15) is 9.90 Å². The highest BCUT2D eigenvalue weighted by Gasteiger charge is 2.59. The number of rotatable bonds is 1. The molecule has 1 saturated carbocycles. The molecule has 1 N–H and O–H groups in total. The number of amides is 1. The number of allylic oxidation sites excluding steroid dienone is 2. The molecule has 3 aliphatic rings. The molecule has 3 nitrogen and oxygen atoms in total. The molecule has 5 atom stereocenters. The van der Waals surface area contributed by atoms with Crippen LogP contribution in [-0.2, 0) is 4.79 Å². The summed E-state index contributed by atoms with van der Waals surface area (Å²) in [5, 5.41) is 10.2. The van der Waals surface area contributed by atoms with Crippen molar-refractivity contribution in [2.45, 2.75) is 32.5 Å². The molecule has 2 aliphatic carbocycles. The van der Waals surface area contributed by atoms with Gasteiger partial charge in [0.2, 0.25) is 5.91 Å². The second-order valence-electron chi connectivity index (χ2n) is 5.30. The van der Waals surface area contributed by atoms with Crippen LogP contribution in [0.2, 0.25) is 0 Å².